The fourth-order valence-electron chi connectivity index (χ4n) is 1.37. The zero-order valence-corrected chi connectivity index (χ0v) is 11.2. The van der Waals surface area contributed by atoms with Gasteiger partial charge in [-0.25, -0.2) is 0 Å². The van der Waals surface area contributed by atoms with Gasteiger partial charge in [0.1, 0.15) is 0 Å². The first-order valence-electron chi connectivity index (χ1n) is 5.79. The van der Waals surface area contributed by atoms with E-state index in [1.54, 1.807) is 11.7 Å². The van der Waals surface area contributed by atoms with E-state index in [9.17, 15) is 4.79 Å². The molecule has 0 saturated carbocycles. The Morgan fingerprint density at radius 3 is 2.59 bits per heavy atom. The van der Waals surface area contributed by atoms with Crippen LogP contribution < -0.4 is 11.1 Å². The molecule has 1 heterocycles. The quantitative estimate of drug-likeness (QED) is 0.846. The van der Waals surface area contributed by atoms with E-state index in [0.717, 1.165) is 0 Å². The van der Waals surface area contributed by atoms with Gasteiger partial charge in [-0.2, -0.15) is 5.10 Å². The first-order valence-corrected chi connectivity index (χ1v) is 5.79. The molecule has 1 atom stereocenters. The van der Waals surface area contributed by atoms with Gasteiger partial charge < -0.3 is 11.1 Å². The number of amides is 1. The molecule has 0 aliphatic carbocycles. The van der Waals surface area contributed by atoms with E-state index in [-0.39, 0.29) is 11.3 Å². The lowest BCUT2D eigenvalue weighted by Gasteiger charge is -2.26. The minimum atomic E-state index is -0.0253. The summed E-state index contributed by atoms with van der Waals surface area (Å²) in [7, 11) is 1.75. The molecule has 96 valence electrons. The number of aryl methyl sites for hydroxylation is 1. The molecule has 1 aromatic rings. The second kappa shape index (κ2) is 4.77. The second-order valence-electron chi connectivity index (χ2n) is 5.59. The van der Waals surface area contributed by atoms with Gasteiger partial charge in [0.15, 0.2) is 5.82 Å². The second-order valence-corrected chi connectivity index (χ2v) is 5.59. The van der Waals surface area contributed by atoms with Crippen molar-refractivity contribution in [2.24, 2.45) is 18.4 Å². The Kier molecular flexibility index (Phi) is 3.80. The van der Waals surface area contributed by atoms with E-state index >= 15 is 0 Å². The highest BCUT2D eigenvalue weighted by molar-refractivity contribution is 5.92. The lowest BCUT2D eigenvalue weighted by molar-refractivity contribution is -0.117. The van der Waals surface area contributed by atoms with Crippen molar-refractivity contribution in [3.05, 3.63) is 6.20 Å². The molecule has 0 aliphatic rings. The van der Waals surface area contributed by atoms with Crippen molar-refractivity contribution in [3.8, 4) is 0 Å². The number of hydrogen-bond acceptors (Lipinski definition) is 3. The molecule has 1 rings (SSSR count). The predicted molar refractivity (Wildman–Crippen MR) is 69.5 cm³/mol. The van der Waals surface area contributed by atoms with Crippen LogP contribution >= 0.6 is 0 Å². The third-order valence-corrected chi connectivity index (χ3v) is 3.19. The number of anilines is 2. The van der Waals surface area contributed by atoms with Crippen LogP contribution in [0.5, 0.6) is 0 Å². The van der Waals surface area contributed by atoms with Gasteiger partial charge in [0, 0.05) is 13.5 Å². The number of carbonyl (C=O) groups is 1. The molecule has 1 unspecified atom stereocenters. The third-order valence-electron chi connectivity index (χ3n) is 3.19. The Morgan fingerprint density at radius 1 is 1.59 bits per heavy atom. The van der Waals surface area contributed by atoms with Crippen molar-refractivity contribution in [1.82, 2.24) is 9.78 Å². The molecule has 0 radical (unpaired) electrons. The van der Waals surface area contributed by atoms with Gasteiger partial charge in [-0.05, 0) is 11.3 Å². The minimum Gasteiger partial charge on any atom is -0.394 e. The Balaban J connectivity index is 2.63. The van der Waals surface area contributed by atoms with E-state index < -0.39 is 0 Å². The topological polar surface area (TPSA) is 72.9 Å². The smallest absolute Gasteiger partial charge is 0.225 e. The molecule has 0 bridgehead atoms. The van der Waals surface area contributed by atoms with Crippen LogP contribution in [-0.4, -0.2) is 15.7 Å². The molecule has 1 amide bonds. The summed E-state index contributed by atoms with van der Waals surface area (Å²) in [5.74, 6) is 0.843. The van der Waals surface area contributed by atoms with Crippen LogP contribution in [0.15, 0.2) is 6.20 Å². The molecule has 0 saturated heterocycles. The molecule has 0 aromatic carbocycles. The van der Waals surface area contributed by atoms with E-state index in [1.165, 1.54) is 6.20 Å². The summed E-state index contributed by atoms with van der Waals surface area (Å²) in [6.45, 7) is 8.46. The maximum atomic E-state index is 11.9. The largest absolute Gasteiger partial charge is 0.394 e. The number of nitrogens with one attached hydrogen (secondary N) is 1. The zero-order chi connectivity index (χ0) is 13.2. The fourth-order valence-corrected chi connectivity index (χ4v) is 1.37. The normalized spacial score (nSPS) is 13.5. The Bertz CT molecular complexity index is 384. The number of nitrogens with two attached hydrogens (primary N) is 1. The van der Waals surface area contributed by atoms with Gasteiger partial charge in [0.2, 0.25) is 5.91 Å². The fraction of sp³-hybridized carbons (Fsp3) is 0.667. The molecule has 0 spiro atoms. The van der Waals surface area contributed by atoms with Gasteiger partial charge in [-0.15, -0.1) is 0 Å². The standard InChI is InChI=1S/C12H22N4O/c1-8(12(2,3)4)6-10(17)15-11-9(13)7-14-16(11)5/h7-8H,6,13H2,1-5H3,(H,15,17). The average Bonchev–Trinajstić information content (AvgIpc) is 2.48. The lowest BCUT2D eigenvalue weighted by atomic mass is 9.80. The Morgan fingerprint density at radius 2 is 2.18 bits per heavy atom. The highest BCUT2D eigenvalue weighted by atomic mass is 16.1. The number of hydrogen-bond donors (Lipinski definition) is 2. The molecule has 0 aliphatic heterocycles. The van der Waals surface area contributed by atoms with Crippen molar-refractivity contribution >= 4 is 17.4 Å². The van der Waals surface area contributed by atoms with Crippen molar-refractivity contribution in [2.75, 3.05) is 11.1 Å². The molecular formula is C12H22N4O. The SMILES string of the molecule is CC(CC(=O)Nc1c(N)cnn1C)C(C)(C)C. The van der Waals surface area contributed by atoms with Crippen molar-refractivity contribution in [2.45, 2.75) is 34.1 Å². The van der Waals surface area contributed by atoms with Gasteiger partial charge >= 0.3 is 0 Å². The summed E-state index contributed by atoms with van der Waals surface area (Å²) < 4.78 is 1.56. The molecule has 1 aromatic heterocycles. The van der Waals surface area contributed by atoms with Crippen molar-refractivity contribution in [3.63, 3.8) is 0 Å². The van der Waals surface area contributed by atoms with Gasteiger partial charge in [-0.1, -0.05) is 27.7 Å². The van der Waals surface area contributed by atoms with Crippen LogP contribution in [0.2, 0.25) is 0 Å². The van der Waals surface area contributed by atoms with Gasteiger partial charge in [-0.3, -0.25) is 9.48 Å². The monoisotopic (exact) mass is 238 g/mol. The summed E-state index contributed by atoms with van der Waals surface area (Å²) in [6.07, 6.45) is 2.01. The zero-order valence-electron chi connectivity index (χ0n) is 11.2. The maximum Gasteiger partial charge on any atom is 0.225 e. The van der Waals surface area contributed by atoms with Crippen LogP contribution in [0.1, 0.15) is 34.1 Å². The lowest BCUT2D eigenvalue weighted by Crippen LogP contribution is -2.24. The van der Waals surface area contributed by atoms with Crippen LogP contribution in [0.3, 0.4) is 0 Å². The summed E-state index contributed by atoms with van der Waals surface area (Å²) in [6, 6.07) is 0. The van der Waals surface area contributed by atoms with Gasteiger partial charge in [0.25, 0.3) is 0 Å². The Hall–Kier alpha value is -1.52. The Labute approximate surface area is 102 Å². The van der Waals surface area contributed by atoms with E-state index in [4.69, 9.17) is 5.73 Å². The van der Waals surface area contributed by atoms with Crippen molar-refractivity contribution < 1.29 is 4.79 Å². The average molecular weight is 238 g/mol. The number of rotatable bonds is 3. The summed E-state index contributed by atoms with van der Waals surface area (Å²) in [5, 5.41) is 6.77. The predicted octanol–water partition coefficient (Wildman–Crippen LogP) is 2.01. The van der Waals surface area contributed by atoms with Crippen LogP contribution in [0, 0.1) is 11.3 Å². The number of nitrogens with zero attached hydrogens (tertiary/aromatic N) is 2. The minimum absolute atomic E-state index is 0.0253. The summed E-state index contributed by atoms with van der Waals surface area (Å²) in [4.78, 5) is 11.9. The molecule has 3 N–H and O–H groups in total. The highest BCUT2D eigenvalue weighted by Crippen LogP contribution is 2.28. The summed E-state index contributed by atoms with van der Waals surface area (Å²) in [5.41, 5.74) is 6.32. The number of nitrogen functional groups attached to an aromatic ring is 1. The first-order chi connectivity index (χ1) is 7.71. The molecular weight excluding hydrogens is 216 g/mol. The van der Waals surface area contributed by atoms with E-state index in [1.807, 2.05) is 0 Å². The van der Waals surface area contributed by atoms with E-state index in [2.05, 4.69) is 38.1 Å². The third kappa shape index (κ3) is 3.47. The summed E-state index contributed by atoms with van der Waals surface area (Å²) >= 11 is 0. The molecule has 17 heavy (non-hydrogen) atoms. The maximum absolute atomic E-state index is 11.9. The van der Waals surface area contributed by atoms with Crippen LogP contribution in [0.25, 0.3) is 0 Å². The van der Waals surface area contributed by atoms with Crippen LogP contribution in [-0.2, 0) is 11.8 Å². The number of carbonyl (C=O) groups excluding carboxylic acids is 1. The molecule has 5 heteroatoms. The van der Waals surface area contributed by atoms with Crippen LogP contribution in [0.4, 0.5) is 11.5 Å². The molecule has 5 nitrogen and oxygen atoms in total. The van der Waals surface area contributed by atoms with Gasteiger partial charge in [0.05, 0.1) is 11.9 Å². The molecule has 0 fully saturated rings. The highest BCUT2D eigenvalue weighted by Gasteiger charge is 2.23. The first kappa shape index (κ1) is 13.5. The van der Waals surface area contributed by atoms with E-state index in [0.29, 0.717) is 23.8 Å². The van der Waals surface area contributed by atoms with Crippen molar-refractivity contribution in [1.29, 1.82) is 0 Å². The number of aromatic nitrogens is 2.